The number of rotatable bonds is 4. The summed E-state index contributed by atoms with van der Waals surface area (Å²) in [6, 6.07) is 4.25. The van der Waals surface area contributed by atoms with Gasteiger partial charge >= 0.3 is 0 Å². The van der Waals surface area contributed by atoms with Crippen molar-refractivity contribution in [2.45, 2.75) is 38.2 Å². The molecule has 0 spiro atoms. The first-order valence-electron chi connectivity index (χ1n) is 6.67. The topological polar surface area (TPSA) is 92.5 Å². The number of nitro benzene ring substituents is 1. The first-order chi connectivity index (χ1) is 9.41. The van der Waals surface area contributed by atoms with Gasteiger partial charge in [-0.15, -0.1) is 0 Å². The van der Waals surface area contributed by atoms with E-state index in [0.717, 1.165) is 12.8 Å². The Bertz CT molecular complexity index is 536. The molecular weight excluding hydrogens is 260 g/mol. The second kappa shape index (κ2) is 5.58. The molecule has 1 aliphatic rings. The number of aryl methyl sites for hydroxylation is 1. The Morgan fingerprint density at radius 3 is 2.65 bits per heavy atom. The monoisotopic (exact) mass is 278 g/mol. The Morgan fingerprint density at radius 1 is 1.45 bits per heavy atom. The molecule has 1 aromatic rings. The third-order valence-electron chi connectivity index (χ3n) is 3.77. The summed E-state index contributed by atoms with van der Waals surface area (Å²) in [4.78, 5) is 22.2. The van der Waals surface area contributed by atoms with Crippen molar-refractivity contribution in [2.75, 3.05) is 6.54 Å². The molecular formula is C14H18N2O4. The van der Waals surface area contributed by atoms with Crippen LogP contribution in [-0.2, 0) is 0 Å². The second-order valence-electron chi connectivity index (χ2n) is 5.37. The highest BCUT2D eigenvalue weighted by molar-refractivity contribution is 5.94. The van der Waals surface area contributed by atoms with E-state index in [-0.39, 0.29) is 18.1 Å². The number of hydrogen-bond donors (Lipinski definition) is 2. The van der Waals surface area contributed by atoms with Crippen molar-refractivity contribution in [3.63, 3.8) is 0 Å². The molecule has 0 radical (unpaired) electrons. The van der Waals surface area contributed by atoms with Gasteiger partial charge in [0.25, 0.3) is 11.6 Å². The minimum atomic E-state index is -0.800. The molecule has 0 heterocycles. The largest absolute Gasteiger partial charge is 0.388 e. The lowest BCUT2D eigenvalue weighted by molar-refractivity contribution is -0.385. The van der Waals surface area contributed by atoms with Crippen LogP contribution in [0.5, 0.6) is 0 Å². The fourth-order valence-electron chi connectivity index (χ4n) is 2.56. The average molecular weight is 278 g/mol. The lowest BCUT2D eigenvalue weighted by atomic mass is 10.0. The van der Waals surface area contributed by atoms with Crippen LogP contribution in [0.15, 0.2) is 18.2 Å². The number of carbonyl (C=O) groups is 1. The third kappa shape index (κ3) is 3.14. The number of carbonyl (C=O) groups excluding carboxylic acids is 1. The molecule has 108 valence electrons. The molecule has 0 aliphatic heterocycles. The van der Waals surface area contributed by atoms with E-state index < -0.39 is 10.5 Å². The summed E-state index contributed by atoms with van der Waals surface area (Å²) in [6.45, 7) is 1.82. The standard InChI is InChI=1S/C14H18N2O4/c1-10-8-11(4-5-12(10)16(19)20)13(17)15-9-14(18)6-2-3-7-14/h4-5,8,18H,2-3,6-7,9H2,1H3,(H,15,17). The third-order valence-corrected chi connectivity index (χ3v) is 3.77. The van der Waals surface area contributed by atoms with E-state index in [2.05, 4.69) is 5.32 Å². The molecule has 0 saturated heterocycles. The van der Waals surface area contributed by atoms with Crippen LogP contribution in [0.25, 0.3) is 0 Å². The Kier molecular flexibility index (Phi) is 4.04. The number of nitro groups is 1. The first kappa shape index (κ1) is 14.5. The summed E-state index contributed by atoms with van der Waals surface area (Å²) < 4.78 is 0. The zero-order chi connectivity index (χ0) is 14.8. The summed E-state index contributed by atoms with van der Waals surface area (Å²) in [5, 5.41) is 23.6. The van der Waals surface area contributed by atoms with Crippen molar-refractivity contribution in [3.05, 3.63) is 39.4 Å². The lowest BCUT2D eigenvalue weighted by Crippen LogP contribution is -2.40. The van der Waals surface area contributed by atoms with E-state index in [1.54, 1.807) is 6.92 Å². The number of aliphatic hydroxyl groups is 1. The van der Waals surface area contributed by atoms with Gasteiger partial charge in [0, 0.05) is 23.7 Å². The van der Waals surface area contributed by atoms with E-state index in [4.69, 9.17) is 0 Å². The van der Waals surface area contributed by atoms with Gasteiger partial charge in [-0.3, -0.25) is 14.9 Å². The Morgan fingerprint density at radius 2 is 2.10 bits per heavy atom. The lowest BCUT2D eigenvalue weighted by Gasteiger charge is -2.22. The fraction of sp³-hybridized carbons (Fsp3) is 0.500. The minimum Gasteiger partial charge on any atom is -0.388 e. The van der Waals surface area contributed by atoms with Gasteiger partial charge in [0.1, 0.15) is 0 Å². The molecule has 1 aliphatic carbocycles. The molecule has 1 aromatic carbocycles. The molecule has 0 bridgehead atoms. The van der Waals surface area contributed by atoms with Gasteiger partial charge in [-0.05, 0) is 31.9 Å². The predicted molar refractivity (Wildman–Crippen MR) is 73.6 cm³/mol. The highest BCUT2D eigenvalue weighted by atomic mass is 16.6. The normalized spacial score (nSPS) is 16.9. The first-order valence-corrected chi connectivity index (χ1v) is 6.67. The van der Waals surface area contributed by atoms with Crippen LogP contribution in [0.4, 0.5) is 5.69 Å². The highest BCUT2D eigenvalue weighted by Crippen LogP contribution is 2.28. The molecule has 2 rings (SSSR count). The van der Waals surface area contributed by atoms with Crippen molar-refractivity contribution >= 4 is 11.6 Å². The number of nitrogens with zero attached hydrogens (tertiary/aromatic N) is 1. The van der Waals surface area contributed by atoms with Gasteiger partial charge < -0.3 is 10.4 Å². The van der Waals surface area contributed by atoms with E-state index in [1.165, 1.54) is 18.2 Å². The van der Waals surface area contributed by atoms with Crippen molar-refractivity contribution in [2.24, 2.45) is 0 Å². The van der Waals surface area contributed by atoms with Gasteiger partial charge in [0.2, 0.25) is 0 Å². The smallest absolute Gasteiger partial charge is 0.272 e. The number of nitrogens with one attached hydrogen (secondary N) is 1. The molecule has 0 atom stereocenters. The van der Waals surface area contributed by atoms with Crippen LogP contribution in [0.1, 0.15) is 41.6 Å². The molecule has 1 saturated carbocycles. The minimum absolute atomic E-state index is 0.00373. The summed E-state index contributed by atoms with van der Waals surface area (Å²) in [6.07, 6.45) is 3.35. The van der Waals surface area contributed by atoms with Gasteiger partial charge in [-0.2, -0.15) is 0 Å². The number of hydrogen-bond acceptors (Lipinski definition) is 4. The highest BCUT2D eigenvalue weighted by Gasteiger charge is 2.31. The quantitative estimate of drug-likeness (QED) is 0.650. The van der Waals surface area contributed by atoms with Crippen LogP contribution < -0.4 is 5.32 Å². The SMILES string of the molecule is Cc1cc(C(=O)NCC2(O)CCCC2)ccc1[N+](=O)[O-]. The molecule has 0 unspecified atom stereocenters. The van der Waals surface area contributed by atoms with Gasteiger partial charge in [-0.1, -0.05) is 12.8 Å². The van der Waals surface area contributed by atoms with Crippen molar-refractivity contribution in [3.8, 4) is 0 Å². The number of benzene rings is 1. The Hall–Kier alpha value is -1.95. The molecule has 0 aromatic heterocycles. The van der Waals surface area contributed by atoms with Crippen LogP contribution in [0.3, 0.4) is 0 Å². The maximum Gasteiger partial charge on any atom is 0.272 e. The summed E-state index contributed by atoms with van der Waals surface area (Å²) >= 11 is 0. The van der Waals surface area contributed by atoms with Crippen LogP contribution in [0, 0.1) is 17.0 Å². The van der Waals surface area contributed by atoms with E-state index >= 15 is 0 Å². The maximum absolute atomic E-state index is 12.0. The molecule has 6 heteroatoms. The Labute approximate surface area is 117 Å². The van der Waals surface area contributed by atoms with E-state index in [0.29, 0.717) is 24.0 Å². The van der Waals surface area contributed by atoms with Crippen LogP contribution in [0.2, 0.25) is 0 Å². The zero-order valence-corrected chi connectivity index (χ0v) is 11.4. The summed E-state index contributed by atoms with van der Waals surface area (Å²) in [7, 11) is 0. The summed E-state index contributed by atoms with van der Waals surface area (Å²) in [5.74, 6) is -0.316. The molecule has 1 fully saturated rings. The van der Waals surface area contributed by atoms with E-state index in [1.807, 2.05) is 0 Å². The molecule has 20 heavy (non-hydrogen) atoms. The fourth-order valence-corrected chi connectivity index (χ4v) is 2.56. The molecule has 1 amide bonds. The second-order valence-corrected chi connectivity index (χ2v) is 5.37. The summed E-state index contributed by atoms with van der Waals surface area (Å²) in [5.41, 5.74) is 0.0127. The Balaban J connectivity index is 2.02. The van der Waals surface area contributed by atoms with Crippen LogP contribution >= 0.6 is 0 Å². The average Bonchev–Trinajstić information content (AvgIpc) is 2.83. The van der Waals surface area contributed by atoms with Gasteiger partial charge in [-0.25, -0.2) is 0 Å². The number of amides is 1. The van der Waals surface area contributed by atoms with Crippen molar-refractivity contribution < 1.29 is 14.8 Å². The van der Waals surface area contributed by atoms with Gasteiger partial charge in [0.15, 0.2) is 0 Å². The van der Waals surface area contributed by atoms with Crippen molar-refractivity contribution in [1.29, 1.82) is 0 Å². The van der Waals surface area contributed by atoms with E-state index in [9.17, 15) is 20.0 Å². The molecule has 2 N–H and O–H groups in total. The predicted octanol–water partition coefficient (Wildman–Crippen LogP) is 1.94. The molecule has 6 nitrogen and oxygen atoms in total. The maximum atomic E-state index is 12.0. The van der Waals surface area contributed by atoms with Crippen LogP contribution in [-0.4, -0.2) is 28.1 Å². The van der Waals surface area contributed by atoms with Gasteiger partial charge in [0.05, 0.1) is 10.5 Å². The van der Waals surface area contributed by atoms with Crippen molar-refractivity contribution in [1.82, 2.24) is 5.32 Å². The zero-order valence-electron chi connectivity index (χ0n) is 11.4.